The molecule has 52 valence electrons. The zero-order valence-electron chi connectivity index (χ0n) is 5.32. The minimum Gasteiger partial charge on any atom is -0.457 e. The first kappa shape index (κ1) is 7.12. The van der Waals surface area contributed by atoms with Crippen molar-refractivity contribution in [2.75, 3.05) is 0 Å². The Morgan fingerprint density at radius 2 is 1.60 bits per heavy atom. The fraction of sp³-hybridized carbons (Fsp3) is 0. The molecule has 0 saturated carbocycles. The van der Waals surface area contributed by atoms with E-state index in [2.05, 4.69) is 0 Å². The predicted octanol–water partition coefficient (Wildman–Crippen LogP) is 0.0298. The van der Waals surface area contributed by atoms with E-state index in [1.54, 1.807) is 0 Å². The highest BCUT2D eigenvalue weighted by molar-refractivity contribution is 6.13. The summed E-state index contributed by atoms with van der Waals surface area (Å²) in [5, 5.41) is 14.2. The molecule has 3 nitrogen and oxygen atoms in total. The fourth-order valence-electron chi connectivity index (χ4n) is 0.679. The molecule has 10 heavy (non-hydrogen) atoms. The molecule has 2 aliphatic heterocycles. The lowest BCUT2D eigenvalue weighted by atomic mass is 10.2. The quantitative estimate of drug-likeness (QED) is 0.505. The summed E-state index contributed by atoms with van der Waals surface area (Å²) in [6, 6.07) is 7.86. The van der Waals surface area contributed by atoms with Gasteiger partial charge in [-0.3, -0.25) is 0 Å². The minimum absolute atomic E-state index is 0.750. The van der Waals surface area contributed by atoms with E-state index in [9.17, 15) is 0 Å². The highest BCUT2D eigenvalue weighted by Crippen LogP contribution is 2.32. The van der Waals surface area contributed by atoms with Gasteiger partial charge in [0.25, 0.3) is 0 Å². The third-order valence-corrected chi connectivity index (χ3v) is 1.04. The molecule has 1 aromatic carbocycles. The maximum absolute atomic E-state index is 7.12. The van der Waals surface area contributed by atoms with Gasteiger partial charge in [0.2, 0.25) is 0 Å². The molecule has 0 saturated heterocycles. The summed E-state index contributed by atoms with van der Waals surface area (Å²) in [5.41, 5.74) is 0. The van der Waals surface area contributed by atoms with Crippen molar-refractivity contribution in [3.05, 3.63) is 24.3 Å². The van der Waals surface area contributed by atoms with Gasteiger partial charge in [0.1, 0.15) is 11.5 Å². The van der Waals surface area contributed by atoms with Crippen LogP contribution in [0.3, 0.4) is 0 Å². The number of fused-ring (bicyclic) bond motifs is 2. The van der Waals surface area contributed by atoms with Crippen LogP contribution in [0.5, 0.6) is 11.5 Å². The molecule has 2 heterocycles. The van der Waals surface area contributed by atoms with Crippen molar-refractivity contribution < 1.29 is 14.8 Å². The van der Waals surface area contributed by atoms with Crippen LogP contribution in [0.1, 0.15) is 0 Å². The third-order valence-electron chi connectivity index (χ3n) is 1.04. The summed E-state index contributed by atoms with van der Waals surface area (Å²) in [7, 11) is -0.750. The maximum Gasteiger partial charge on any atom is 0.432 e. The molecule has 2 N–H and O–H groups in total. The Morgan fingerprint density at radius 1 is 1.20 bits per heavy atom. The Kier molecular flexibility index (Phi) is 2.31. The molecule has 2 aliphatic rings. The second kappa shape index (κ2) is 3.24. The van der Waals surface area contributed by atoms with Gasteiger partial charge >= 0.3 is 7.69 Å². The van der Waals surface area contributed by atoms with Crippen LogP contribution in [0.15, 0.2) is 24.3 Å². The van der Waals surface area contributed by atoms with Crippen molar-refractivity contribution in [2.24, 2.45) is 0 Å². The molecule has 4 heteroatoms. The van der Waals surface area contributed by atoms with Gasteiger partial charge in [0, 0.05) is 6.07 Å². The van der Waals surface area contributed by atoms with Gasteiger partial charge in [-0.1, -0.05) is 6.07 Å². The van der Waals surface area contributed by atoms with Crippen molar-refractivity contribution in [3.8, 4) is 11.5 Å². The summed E-state index contributed by atoms with van der Waals surface area (Å²) in [4.78, 5) is 0. The zero-order valence-corrected chi connectivity index (χ0v) is 5.32. The van der Waals surface area contributed by atoms with Crippen LogP contribution in [-0.4, -0.2) is 17.7 Å². The molecule has 0 atom stereocenters. The summed E-state index contributed by atoms with van der Waals surface area (Å²) in [5.74, 6) is 1.97. The third kappa shape index (κ3) is 1.49. The van der Waals surface area contributed by atoms with Crippen LogP contribution in [0.25, 0.3) is 0 Å². The van der Waals surface area contributed by atoms with Crippen molar-refractivity contribution >= 4 is 7.69 Å². The van der Waals surface area contributed by atoms with Gasteiger partial charge in [-0.15, -0.1) is 0 Å². The molecule has 0 amide bonds. The van der Waals surface area contributed by atoms with E-state index in [1.165, 1.54) is 0 Å². The standard InChI is InChI=1S/C6H4O.BH3O2/c1-2-5-4-6(3-1)7-5;2-1-3/h1-4H;1-3H. The summed E-state index contributed by atoms with van der Waals surface area (Å²) < 4.78 is 5.01. The number of rotatable bonds is 0. The Bertz CT molecular complexity index is 189. The molecule has 0 aliphatic carbocycles. The summed E-state index contributed by atoms with van der Waals surface area (Å²) >= 11 is 0. The van der Waals surface area contributed by atoms with E-state index in [4.69, 9.17) is 14.8 Å². The second-order valence-corrected chi connectivity index (χ2v) is 1.72. The highest BCUT2D eigenvalue weighted by atomic mass is 16.5. The molecular formula is C6H7BO3. The van der Waals surface area contributed by atoms with Gasteiger partial charge < -0.3 is 14.8 Å². The zero-order chi connectivity index (χ0) is 7.40. The number of benzene rings is 1. The second-order valence-electron chi connectivity index (χ2n) is 1.72. The van der Waals surface area contributed by atoms with E-state index < -0.39 is 7.69 Å². The molecule has 0 unspecified atom stereocenters. The van der Waals surface area contributed by atoms with Gasteiger partial charge in [0.05, 0.1) is 0 Å². The van der Waals surface area contributed by atoms with E-state index >= 15 is 0 Å². The first-order valence-electron chi connectivity index (χ1n) is 2.86. The minimum atomic E-state index is -0.750. The predicted molar refractivity (Wildman–Crippen MR) is 38.1 cm³/mol. The molecule has 0 spiro atoms. The fourth-order valence-corrected chi connectivity index (χ4v) is 0.679. The van der Waals surface area contributed by atoms with Gasteiger partial charge in [0.15, 0.2) is 0 Å². The van der Waals surface area contributed by atoms with Crippen LogP contribution >= 0.6 is 0 Å². The number of ether oxygens (including phenoxy) is 1. The van der Waals surface area contributed by atoms with Crippen LogP contribution in [0, 0.1) is 0 Å². The first-order valence-corrected chi connectivity index (χ1v) is 2.86. The molecule has 0 radical (unpaired) electrons. The topological polar surface area (TPSA) is 49.7 Å². The average Bonchev–Trinajstić information content (AvgIpc) is 1.90. The Labute approximate surface area is 59.2 Å². The molecule has 2 bridgehead atoms. The number of hydrogen-bond acceptors (Lipinski definition) is 3. The van der Waals surface area contributed by atoms with E-state index in [0.29, 0.717) is 0 Å². The largest absolute Gasteiger partial charge is 0.457 e. The van der Waals surface area contributed by atoms with Crippen LogP contribution in [0.2, 0.25) is 0 Å². The molecular weight excluding hydrogens is 131 g/mol. The van der Waals surface area contributed by atoms with Crippen LogP contribution in [0.4, 0.5) is 0 Å². The molecule has 3 rings (SSSR count). The summed E-state index contributed by atoms with van der Waals surface area (Å²) in [6.07, 6.45) is 0. The van der Waals surface area contributed by atoms with Gasteiger partial charge in [-0.2, -0.15) is 0 Å². The van der Waals surface area contributed by atoms with Crippen molar-refractivity contribution in [2.45, 2.75) is 0 Å². The van der Waals surface area contributed by atoms with Crippen molar-refractivity contribution in [1.29, 1.82) is 0 Å². The van der Waals surface area contributed by atoms with Crippen molar-refractivity contribution in [1.82, 2.24) is 0 Å². The monoisotopic (exact) mass is 138 g/mol. The Morgan fingerprint density at radius 3 is 1.70 bits per heavy atom. The van der Waals surface area contributed by atoms with Crippen LogP contribution in [-0.2, 0) is 0 Å². The smallest absolute Gasteiger partial charge is 0.432 e. The maximum atomic E-state index is 7.12. The lowest BCUT2D eigenvalue weighted by Crippen LogP contribution is -1.91. The van der Waals surface area contributed by atoms with Gasteiger partial charge in [-0.25, -0.2) is 0 Å². The molecule has 0 aromatic heterocycles. The Hall–Kier alpha value is -0.995. The highest BCUT2D eigenvalue weighted by Gasteiger charge is 2.05. The summed E-state index contributed by atoms with van der Waals surface area (Å²) in [6.45, 7) is 0. The van der Waals surface area contributed by atoms with E-state index in [-0.39, 0.29) is 0 Å². The SMILES string of the molecule is OBO.c1cc2cc(c1)O2. The molecule has 0 fully saturated rings. The number of hydrogen-bond donors (Lipinski definition) is 2. The average molecular weight is 138 g/mol. The van der Waals surface area contributed by atoms with Crippen molar-refractivity contribution in [3.63, 3.8) is 0 Å². The lowest BCUT2D eigenvalue weighted by molar-refractivity contribution is 0.438. The molecule has 1 aromatic rings. The first-order chi connectivity index (χ1) is 4.86. The van der Waals surface area contributed by atoms with Crippen LogP contribution < -0.4 is 4.74 Å². The Balaban J connectivity index is 0.000000148. The van der Waals surface area contributed by atoms with Gasteiger partial charge in [-0.05, 0) is 12.1 Å². The lowest BCUT2D eigenvalue weighted by Gasteiger charge is -2.13. The van der Waals surface area contributed by atoms with E-state index in [1.807, 2.05) is 24.3 Å². The normalized spacial score (nSPS) is 9.80. The van der Waals surface area contributed by atoms with E-state index in [0.717, 1.165) is 11.5 Å².